The van der Waals surface area contributed by atoms with Gasteiger partial charge in [0.2, 0.25) is 0 Å². The lowest BCUT2D eigenvalue weighted by atomic mass is 10.2. The van der Waals surface area contributed by atoms with Gasteiger partial charge in [0.15, 0.2) is 0 Å². The number of thioether (sulfide) groups is 1. The number of hydrogen-bond donors (Lipinski definition) is 1. The SMILES string of the molecule is Nc1cc(CSC2COC2)ccc1[N+](=O)[O-]. The summed E-state index contributed by atoms with van der Waals surface area (Å²) in [5, 5.41) is 11.1. The molecule has 0 saturated carbocycles. The minimum atomic E-state index is -0.466. The molecule has 0 unspecified atom stereocenters. The van der Waals surface area contributed by atoms with Crippen LogP contribution >= 0.6 is 11.8 Å². The lowest BCUT2D eigenvalue weighted by Gasteiger charge is -2.25. The normalized spacial score (nSPS) is 15.8. The third-order valence-corrected chi connectivity index (χ3v) is 3.63. The number of nitro benzene ring substituents is 1. The molecule has 2 N–H and O–H groups in total. The standard InChI is InChI=1S/C10H12N2O3S/c11-9-3-7(1-2-10(9)12(13)14)6-16-8-4-15-5-8/h1-3,8H,4-6,11H2. The first-order valence-corrected chi connectivity index (χ1v) is 5.94. The highest BCUT2D eigenvalue weighted by Crippen LogP contribution is 2.27. The van der Waals surface area contributed by atoms with Crippen LogP contribution in [0.3, 0.4) is 0 Å². The average molecular weight is 240 g/mol. The zero-order valence-corrected chi connectivity index (χ0v) is 9.40. The van der Waals surface area contributed by atoms with Crippen LogP contribution in [0.2, 0.25) is 0 Å². The van der Waals surface area contributed by atoms with Gasteiger partial charge in [-0.15, -0.1) is 11.8 Å². The van der Waals surface area contributed by atoms with Crippen molar-refractivity contribution in [1.82, 2.24) is 0 Å². The number of nitrogens with two attached hydrogens (primary N) is 1. The van der Waals surface area contributed by atoms with Gasteiger partial charge in [-0.25, -0.2) is 0 Å². The molecule has 1 fully saturated rings. The summed E-state index contributed by atoms with van der Waals surface area (Å²) in [5.41, 5.74) is 6.82. The van der Waals surface area contributed by atoms with Gasteiger partial charge in [0.05, 0.1) is 23.4 Å². The molecular formula is C10H12N2O3S. The highest BCUT2D eigenvalue weighted by Gasteiger charge is 2.19. The molecule has 1 aliphatic heterocycles. The Labute approximate surface area is 97.1 Å². The predicted molar refractivity (Wildman–Crippen MR) is 63.4 cm³/mol. The first kappa shape index (κ1) is 11.2. The maximum Gasteiger partial charge on any atom is 0.292 e. The first-order chi connectivity index (χ1) is 7.66. The van der Waals surface area contributed by atoms with Crippen LogP contribution in [0.25, 0.3) is 0 Å². The number of ether oxygens (including phenoxy) is 1. The molecule has 6 heteroatoms. The van der Waals surface area contributed by atoms with Crippen molar-refractivity contribution in [2.45, 2.75) is 11.0 Å². The van der Waals surface area contributed by atoms with Crippen molar-refractivity contribution in [3.05, 3.63) is 33.9 Å². The zero-order chi connectivity index (χ0) is 11.5. The number of hydrogen-bond acceptors (Lipinski definition) is 5. The Kier molecular flexibility index (Phi) is 3.31. The first-order valence-electron chi connectivity index (χ1n) is 4.89. The van der Waals surface area contributed by atoms with Crippen molar-refractivity contribution >= 4 is 23.1 Å². The molecule has 0 atom stereocenters. The summed E-state index contributed by atoms with van der Waals surface area (Å²) in [5.74, 6) is 0.816. The number of nitrogen functional groups attached to an aromatic ring is 1. The van der Waals surface area contributed by atoms with E-state index in [0.717, 1.165) is 24.5 Å². The highest BCUT2D eigenvalue weighted by molar-refractivity contribution is 7.99. The fourth-order valence-corrected chi connectivity index (χ4v) is 2.38. The van der Waals surface area contributed by atoms with Gasteiger partial charge in [-0.2, -0.15) is 0 Å². The Morgan fingerprint density at radius 2 is 2.31 bits per heavy atom. The van der Waals surface area contributed by atoms with E-state index in [2.05, 4.69) is 0 Å². The Balaban J connectivity index is 1.99. The van der Waals surface area contributed by atoms with Crippen LogP contribution in [0.15, 0.2) is 18.2 Å². The van der Waals surface area contributed by atoms with E-state index in [4.69, 9.17) is 10.5 Å². The highest BCUT2D eigenvalue weighted by atomic mass is 32.2. The van der Waals surface area contributed by atoms with Crippen LogP contribution in [0, 0.1) is 10.1 Å². The van der Waals surface area contributed by atoms with Gasteiger partial charge in [-0.3, -0.25) is 10.1 Å². The second-order valence-corrected chi connectivity index (χ2v) is 4.91. The molecule has 0 aliphatic carbocycles. The summed E-state index contributed by atoms with van der Waals surface area (Å²) in [6.45, 7) is 1.60. The number of benzene rings is 1. The van der Waals surface area contributed by atoms with Crippen LogP contribution in [0.5, 0.6) is 0 Å². The Bertz CT molecular complexity index is 407. The summed E-state index contributed by atoms with van der Waals surface area (Å²) in [7, 11) is 0. The van der Waals surface area contributed by atoms with Crippen molar-refractivity contribution in [3.8, 4) is 0 Å². The molecule has 16 heavy (non-hydrogen) atoms. The predicted octanol–water partition coefficient (Wildman–Crippen LogP) is 1.81. The summed E-state index contributed by atoms with van der Waals surface area (Å²) in [6, 6.07) is 4.88. The van der Waals surface area contributed by atoms with Gasteiger partial charge < -0.3 is 10.5 Å². The van der Waals surface area contributed by atoms with Crippen LogP contribution in [0.1, 0.15) is 5.56 Å². The molecule has 0 aromatic heterocycles. The lowest BCUT2D eigenvalue weighted by Crippen LogP contribution is -2.30. The van der Waals surface area contributed by atoms with Gasteiger partial charge >= 0.3 is 0 Å². The zero-order valence-electron chi connectivity index (χ0n) is 8.59. The molecule has 0 amide bonds. The van der Waals surface area contributed by atoms with E-state index in [1.165, 1.54) is 6.07 Å². The molecule has 0 spiro atoms. The molecule has 86 valence electrons. The molecule has 1 aromatic carbocycles. The number of anilines is 1. The summed E-state index contributed by atoms with van der Waals surface area (Å²) in [4.78, 5) is 10.1. The molecule has 0 bridgehead atoms. The molecular weight excluding hydrogens is 228 g/mol. The summed E-state index contributed by atoms with van der Waals surface area (Å²) >= 11 is 1.79. The second kappa shape index (κ2) is 4.71. The van der Waals surface area contributed by atoms with Crippen LogP contribution in [-0.2, 0) is 10.5 Å². The summed E-state index contributed by atoms with van der Waals surface area (Å²) < 4.78 is 5.06. The van der Waals surface area contributed by atoms with Gasteiger partial charge in [0, 0.05) is 11.8 Å². The van der Waals surface area contributed by atoms with Gasteiger partial charge in [-0.1, -0.05) is 6.07 Å². The van der Waals surface area contributed by atoms with Crippen molar-refractivity contribution in [3.63, 3.8) is 0 Å². The monoisotopic (exact) mass is 240 g/mol. The van der Waals surface area contributed by atoms with E-state index in [1.807, 2.05) is 0 Å². The van der Waals surface area contributed by atoms with Gasteiger partial charge in [-0.05, 0) is 11.6 Å². The maximum atomic E-state index is 10.6. The van der Waals surface area contributed by atoms with Crippen LogP contribution in [0.4, 0.5) is 11.4 Å². The van der Waals surface area contributed by atoms with E-state index in [-0.39, 0.29) is 11.4 Å². The molecule has 1 aliphatic rings. The lowest BCUT2D eigenvalue weighted by molar-refractivity contribution is -0.383. The average Bonchev–Trinajstić information content (AvgIpc) is 2.14. The number of rotatable bonds is 4. The fourth-order valence-electron chi connectivity index (χ4n) is 1.38. The molecule has 5 nitrogen and oxygen atoms in total. The van der Waals surface area contributed by atoms with Crippen LogP contribution in [-0.4, -0.2) is 23.4 Å². The van der Waals surface area contributed by atoms with E-state index in [9.17, 15) is 10.1 Å². The van der Waals surface area contributed by atoms with E-state index < -0.39 is 4.92 Å². The van der Waals surface area contributed by atoms with E-state index in [1.54, 1.807) is 23.9 Å². The smallest absolute Gasteiger partial charge is 0.292 e. The largest absolute Gasteiger partial charge is 0.393 e. The van der Waals surface area contributed by atoms with Gasteiger partial charge in [0.25, 0.3) is 5.69 Å². The Morgan fingerprint density at radius 1 is 1.56 bits per heavy atom. The minimum Gasteiger partial charge on any atom is -0.393 e. The Hall–Kier alpha value is -1.27. The van der Waals surface area contributed by atoms with Crippen LogP contribution < -0.4 is 5.73 Å². The van der Waals surface area contributed by atoms with Crippen molar-refractivity contribution in [1.29, 1.82) is 0 Å². The van der Waals surface area contributed by atoms with Crippen molar-refractivity contribution < 1.29 is 9.66 Å². The molecule has 1 heterocycles. The van der Waals surface area contributed by atoms with Crippen molar-refractivity contribution in [2.75, 3.05) is 18.9 Å². The van der Waals surface area contributed by atoms with E-state index >= 15 is 0 Å². The van der Waals surface area contributed by atoms with Gasteiger partial charge in [0.1, 0.15) is 5.69 Å². The topological polar surface area (TPSA) is 78.4 Å². The number of nitrogens with zero attached hydrogens (tertiary/aromatic N) is 1. The fraction of sp³-hybridized carbons (Fsp3) is 0.400. The second-order valence-electron chi connectivity index (χ2n) is 3.62. The molecule has 0 radical (unpaired) electrons. The molecule has 2 rings (SSSR count). The summed E-state index contributed by atoms with van der Waals surface area (Å²) in [6.07, 6.45) is 0. The maximum absolute atomic E-state index is 10.6. The minimum absolute atomic E-state index is 0.0271. The molecule has 1 aromatic rings. The van der Waals surface area contributed by atoms with Crippen molar-refractivity contribution in [2.24, 2.45) is 0 Å². The Morgan fingerprint density at radius 3 is 2.81 bits per heavy atom. The third-order valence-electron chi connectivity index (χ3n) is 2.38. The molecule has 1 saturated heterocycles. The third kappa shape index (κ3) is 2.45. The van der Waals surface area contributed by atoms with E-state index in [0.29, 0.717) is 5.25 Å². The quantitative estimate of drug-likeness (QED) is 0.493. The number of nitro groups is 1.